The van der Waals surface area contributed by atoms with Crippen LogP contribution >= 0.6 is 0 Å². The smallest absolute Gasteiger partial charge is 0.326 e. The van der Waals surface area contributed by atoms with E-state index in [2.05, 4.69) is 4.98 Å². The van der Waals surface area contributed by atoms with Gasteiger partial charge in [0.25, 0.3) is 0 Å². The lowest BCUT2D eigenvalue weighted by Gasteiger charge is -2.19. The van der Waals surface area contributed by atoms with Crippen molar-refractivity contribution in [1.82, 2.24) is 9.55 Å². The van der Waals surface area contributed by atoms with Gasteiger partial charge < -0.3 is 24.9 Å². The van der Waals surface area contributed by atoms with Gasteiger partial charge in [0.2, 0.25) is 0 Å². The van der Waals surface area contributed by atoms with Gasteiger partial charge in [-0.25, -0.2) is 9.78 Å². The highest BCUT2D eigenvalue weighted by atomic mass is 16.5. The Morgan fingerprint density at radius 2 is 1.87 bits per heavy atom. The third-order valence-electron chi connectivity index (χ3n) is 3.98. The van der Waals surface area contributed by atoms with Gasteiger partial charge in [0, 0.05) is 12.1 Å². The SMILES string of the molecule is CCC(N)c1nc2cc(OC)c(OC)cc2n1C(CC)C(=O)O. The lowest BCUT2D eigenvalue weighted by molar-refractivity contribution is -0.141. The molecule has 0 saturated carbocycles. The quantitative estimate of drug-likeness (QED) is 0.813. The van der Waals surface area contributed by atoms with Crippen molar-refractivity contribution in [1.29, 1.82) is 0 Å². The maximum Gasteiger partial charge on any atom is 0.326 e. The molecular formula is C16H23N3O4. The molecule has 0 fully saturated rings. The molecule has 0 saturated heterocycles. The molecule has 23 heavy (non-hydrogen) atoms. The fraction of sp³-hybridized carbons (Fsp3) is 0.500. The van der Waals surface area contributed by atoms with Gasteiger partial charge in [-0.1, -0.05) is 13.8 Å². The number of carbonyl (C=O) groups is 1. The molecule has 0 radical (unpaired) electrons. The van der Waals surface area contributed by atoms with E-state index in [0.29, 0.717) is 41.2 Å². The average Bonchev–Trinajstić information content (AvgIpc) is 2.91. The number of fused-ring (bicyclic) bond motifs is 1. The zero-order valence-electron chi connectivity index (χ0n) is 13.9. The molecule has 0 aliphatic carbocycles. The number of hydrogen-bond acceptors (Lipinski definition) is 5. The minimum Gasteiger partial charge on any atom is -0.493 e. The predicted octanol–water partition coefficient (Wildman–Crippen LogP) is 2.50. The zero-order valence-corrected chi connectivity index (χ0v) is 13.9. The van der Waals surface area contributed by atoms with Crippen molar-refractivity contribution in [2.45, 2.75) is 38.8 Å². The lowest BCUT2D eigenvalue weighted by atomic mass is 10.1. The number of carboxylic acids is 1. The van der Waals surface area contributed by atoms with E-state index < -0.39 is 12.0 Å². The standard InChI is InChI=1S/C16H23N3O4/c1-5-9(17)15-18-10-7-13(22-3)14(23-4)8-12(10)19(15)11(6-2)16(20)21/h7-9,11H,5-6,17H2,1-4H3,(H,20,21). The number of imidazole rings is 1. The van der Waals surface area contributed by atoms with E-state index in [1.165, 1.54) is 7.11 Å². The van der Waals surface area contributed by atoms with Crippen molar-refractivity contribution in [3.05, 3.63) is 18.0 Å². The van der Waals surface area contributed by atoms with Gasteiger partial charge in [-0.15, -0.1) is 0 Å². The fourth-order valence-corrected chi connectivity index (χ4v) is 2.68. The molecule has 0 aliphatic rings. The summed E-state index contributed by atoms with van der Waals surface area (Å²) >= 11 is 0. The van der Waals surface area contributed by atoms with Gasteiger partial charge in [0.1, 0.15) is 11.9 Å². The van der Waals surface area contributed by atoms with Gasteiger partial charge in [-0.3, -0.25) is 0 Å². The van der Waals surface area contributed by atoms with Crippen LogP contribution in [0.3, 0.4) is 0 Å². The first kappa shape index (κ1) is 17.1. The number of carboxylic acid groups (broad SMARTS) is 1. The Kier molecular flexibility index (Phi) is 5.10. The summed E-state index contributed by atoms with van der Waals surface area (Å²) in [5, 5.41) is 9.57. The summed E-state index contributed by atoms with van der Waals surface area (Å²) < 4.78 is 12.3. The van der Waals surface area contributed by atoms with Crippen LogP contribution in [0.25, 0.3) is 11.0 Å². The molecule has 0 bridgehead atoms. The summed E-state index contributed by atoms with van der Waals surface area (Å²) in [7, 11) is 3.09. The Bertz CT molecular complexity index is 711. The second-order valence-corrected chi connectivity index (χ2v) is 5.31. The summed E-state index contributed by atoms with van der Waals surface area (Å²) in [6, 6.07) is 2.42. The van der Waals surface area contributed by atoms with Crippen molar-refractivity contribution in [2.24, 2.45) is 5.73 Å². The molecule has 126 valence electrons. The minimum absolute atomic E-state index is 0.340. The van der Waals surface area contributed by atoms with Crippen molar-refractivity contribution in [3.63, 3.8) is 0 Å². The van der Waals surface area contributed by atoms with E-state index in [1.54, 1.807) is 23.8 Å². The molecule has 7 heteroatoms. The molecule has 2 aromatic rings. The highest BCUT2D eigenvalue weighted by molar-refractivity contribution is 5.83. The van der Waals surface area contributed by atoms with Crippen LogP contribution in [-0.2, 0) is 4.79 Å². The first-order valence-electron chi connectivity index (χ1n) is 7.60. The minimum atomic E-state index is -0.911. The van der Waals surface area contributed by atoms with Crippen molar-refractivity contribution in [3.8, 4) is 11.5 Å². The van der Waals surface area contributed by atoms with E-state index in [1.807, 2.05) is 13.8 Å². The molecule has 0 aliphatic heterocycles. The Morgan fingerprint density at radius 1 is 1.26 bits per heavy atom. The van der Waals surface area contributed by atoms with Crippen LogP contribution in [-0.4, -0.2) is 34.8 Å². The Balaban J connectivity index is 2.80. The Morgan fingerprint density at radius 3 is 2.35 bits per heavy atom. The Hall–Kier alpha value is -2.28. The highest BCUT2D eigenvalue weighted by Gasteiger charge is 2.27. The molecule has 0 amide bonds. The third kappa shape index (κ3) is 2.96. The number of rotatable bonds is 7. The number of nitrogens with two attached hydrogens (primary N) is 1. The largest absolute Gasteiger partial charge is 0.493 e. The lowest BCUT2D eigenvalue weighted by Crippen LogP contribution is -2.24. The summed E-state index contributed by atoms with van der Waals surface area (Å²) in [6.45, 7) is 3.77. The summed E-state index contributed by atoms with van der Waals surface area (Å²) in [6.07, 6.45) is 1.09. The topological polar surface area (TPSA) is 99.6 Å². The van der Waals surface area contributed by atoms with Crippen LogP contribution in [0.15, 0.2) is 12.1 Å². The molecule has 1 aromatic carbocycles. The maximum atomic E-state index is 11.7. The van der Waals surface area contributed by atoms with Crippen LogP contribution in [0.5, 0.6) is 11.5 Å². The number of benzene rings is 1. The van der Waals surface area contributed by atoms with E-state index in [4.69, 9.17) is 15.2 Å². The van der Waals surface area contributed by atoms with Gasteiger partial charge in [-0.2, -0.15) is 0 Å². The predicted molar refractivity (Wildman–Crippen MR) is 87.0 cm³/mol. The zero-order chi connectivity index (χ0) is 17.1. The van der Waals surface area contributed by atoms with Crippen LogP contribution in [0, 0.1) is 0 Å². The molecule has 2 atom stereocenters. The monoisotopic (exact) mass is 321 g/mol. The van der Waals surface area contributed by atoms with E-state index in [0.717, 1.165) is 0 Å². The van der Waals surface area contributed by atoms with E-state index >= 15 is 0 Å². The second kappa shape index (κ2) is 6.87. The summed E-state index contributed by atoms with van der Waals surface area (Å²) in [5.74, 6) is 0.723. The molecule has 3 N–H and O–H groups in total. The fourth-order valence-electron chi connectivity index (χ4n) is 2.68. The summed E-state index contributed by atoms with van der Waals surface area (Å²) in [5.41, 5.74) is 7.47. The Labute approximate surface area is 135 Å². The molecule has 1 aromatic heterocycles. The van der Waals surface area contributed by atoms with E-state index in [9.17, 15) is 9.90 Å². The van der Waals surface area contributed by atoms with E-state index in [-0.39, 0.29) is 6.04 Å². The highest BCUT2D eigenvalue weighted by Crippen LogP contribution is 2.35. The van der Waals surface area contributed by atoms with Crippen LogP contribution in [0.2, 0.25) is 0 Å². The van der Waals surface area contributed by atoms with Gasteiger partial charge in [0.05, 0.1) is 31.3 Å². The van der Waals surface area contributed by atoms with Gasteiger partial charge in [0.15, 0.2) is 11.5 Å². The number of ether oxygens (including phenoxy) is 2. The molecule has 7 nitrogen and oxygen atoms in total. The number of aromatic nitrogens is 2. The first-order valence-corrected chi connectivity index (χ1v) is 7.60. The number of hydrogen-bond donors (Lipinski definition) is 2. The number of aliphatic carboxylic acids is 1. The number of nitrogens with zero attached hydrogens (tertiary/aromatic N) is 2. The average molecular weight is 321 g/mol. The van der Waals surface area contributed by atoms with Crippen molar-refractivity contribution in [2.75, 3.05) is 14.2 Å². The second-order valence-electron chi connectivity index (χ2n) is 5.31. The molecule has 0 spiro atoms. The van der Waals surface area contributed by atoms with Crippen LogP contribution in [0.1, 0.15) is 44.6 Å². The van der Waals surface area contributed by atoms with Gasteiger partial charge in [-0.05, 0) is 12.8 Å². The van der Waals surface area contributed by atoms with Crippen LogP contribution < -0.4 is 15.2 Å². The van der Waals surface area contributed by atoms with Crippen LogP contribution in [0.4, 0.5) is 0 Å². The summed E-state index contributed by atoms with van der Waals surface area (Å²) in [4.78, 5) is 16.2. The molecule has 1 heterocycles. The molecule has 2 rings (SSSR count). The van der Waals surface area contributed by atoms with Gasteiger partial charge >= 0.3 is 5.97 Å². The molecular weight excluding hydrogens is 298 g/mol. The van der Waals surface area contributed by atoms with Crippen molar-refractivity contribution >= 4 is 17.0 Å². The molecule has 2 unspecified atom stereocenters. The normalized spacial score (nSPS) is 13.8. The maximum absolute atomic E-state index is 11.7. The first-order chi connectivity index (χ1) is 11.0. The number of methoxy groups -OCH3 is 2. The van der Waals surface area contributed by atoms with Crippen molar-refractivity contribution < 1.29 is 19.4 Å². The third-order valence-corrected chi connectivity index (χ3v) is 3.98.